The Bertz CT molecular complexity index is 907. The molecule has 27 heavy (non-hydrogen) atoms. The minimum Gasteiger partial charge on any atom is -0.341 e. The van der Waals surface area contributed by atoms with Crippen LogP contribution in [0.1, 0.15) is 18.0 Å². The molecule has 1 aromatic heterocycles. The van der Waals surface area contributed by atoms with Gasteiger partial charge in [-0.05, 0) is 48.6 Å². The van der Waals surface area contributed by atoms with Crippen LogP contribution in [0.4, 0.5) is 0 Å². The van der Waals surface area contributed by atoms with Crippen molar-refractivity contribution in [2.75, 3.05) is 31.4 Å². The average Bonchev–Trinajstić information content (AvgIpc) is 2.69. The number of amides is 1. The van der Waals surface area contributed by atoms with Gasteiger partial charge in [-0.1, -0.05) is 12.1 Å². The molecule has 1 amide bonds. The predicted octanol–water partition coefficient (Wildman–Crippen LogP) is 3.55. The summed E-state index contributed by atoms with van der Waals surface area (Å²) >= 11 is 3.30. The van der Waals surface area contributed by atoms with Crippen molar-refractivity contribution in [2.45, 2.75) is 23.8 Å². The van der Waals surface area contributed by atoms with Crippen molar-refractivity contribution in [2.24, 2.45) is 5.92 Å². The van der Waals surface area contributed by atoms with E-state index in [1.807, 2.05) is 21.8 Å². The van der Waals surface area contributed by atoms with Gasteiger partial charge >= 0.3 is 0 Å². The molecule has 142 valence electrons. The molecule has 2 aliphatic heterocycles. The summed E-state index contributed by atoms with van der Waals surface area (Å²) in [5.74, 6) is 1.35. The van der Waals surface area contributed by atoms with Gasteiger partial charge in [0.15, 0.2) is 0 Å². The van der Waals surface area contributed by atoms with Gasteiger partial charge < -0.3 is 9.47 Å². The summed E-state index contributed by atoms with van der Waals surface area (Å²) in [5.41, 5.74) is 3.46. The molecule has 1 saturated heterocycles. The molecule has 0 N–H and O–H groups in total. The maximum atomic E-state index is 12.6. The number of hydrogen-bond acceptors (Lipinski definition) is 4. The highest BCUT2D eigenvalue weighted by Gasteiger charge is 2.37. The second-order valence-corrected chi connectivity index (χ2v) is 9.09. The van der Waals surface area contributed by atoms with Gasteiger partial charge in [-0.15, -0.1) is 11.8 Å². The Kier molecular flexibility index (Phi) is 5.37. The highest BCUT2D eigenvalue weighted by molar-refractivity contribution is 7.99. The lowest BCUT2D eigenvalue weighted by Crippen LogP contribution is -2.49. The quantitative estimate of drug-likeness (QED) is 0.736. The Morgan fingerprint density at radius 2 is 1.85 bits per heavy atom. The minimum atomic E-state index is 0.0769. The molecule has 1 aromatic carbocycles. The largest absolute Gasteiger partial charge is 0.341 e. The van der Waals surface area contributed by atoms with Gasteiger partial charge in [0.1, 0.15) is 0 Å². The van der Waals surface area contributed by atoms with Gasteiger partial charge in [0, 0.05) is 47.8 Å². The fraction of sp³-hybridized carbons (Fsp3) is 0.429. The standard InChI is InChI=1S/C21H24N2O2S2/c1-26-13-20(25)22-10-14-9-16(12-22)21-18(7-8-19(24)23(21)11-14)15-3-5-17(27-2)6-4-15/h3-8,14,16H,9-13H2,1-2H3/t14-,16-/m1/s1. The van der Waals surface area contributed by atoms with Gasteiger partial charge in [-0.2, -0.15) is 11.8 Å². The van der Waals surface area contributed by atoms with Crippen LogP contribution in [0, 0.1) is 5.92 Å². The van der Waals surface area contributed by atoms with Crippen LogP contribution in [-0.4, -0.2) is 46.7 Å². The Hall–Kier alpha value is -1.66. The van der Waals surface area contributed by atoms with E-state index in [9.17, 15) is 9.59 Å². The number of likely N-dealkylation sites (tertiary alicyclic amines) is 1. The van der Waals surface area contributed by atoms with Crippen LogP contribution in [0.25, 0.3) is 11.1 Å². The molecule has 4 rings (SSSR count). The number of benzene rings is 1. The number of thioether (sulfide) groups is 2. The van der Waals surface area contributed by atoms with Crippen LogP contribution in [0.5, 0.6) is 0 Å². The van der Waals surface area contributed by atoms with E-state index in [4.69, 9.17) is 0 Å². The van der Waals surface area contributed by atoms with Gasteiger partial charge in [0.2, 0.25) is 5.91 Å². The van der Waals surface area contributed by atoms with Crippen molar-refractivity contribution in [1.82, 2.24) is 9.47 Å². The third-order valence-electron chi connectivity index (χ3n) is 5.61. The van der Waals surface area contributed by atoms with Crippen LogP contribution >= 0.6 is 23.5 Å². The van der Waals surface area contributed by atoms with Crippen LogP contribution in [-0.2, 0) is 11.3 Å². The van der Waals surface area contributed by atoms with Gasteiger partial charge in [-0.25, -0.2) is 0 Å². The lowest BCUT2D eigenvalue weighted by atomic mass is 9.80. The van der Waals surface area contributed by atoms with E-state index >= 15 is 0 Å². The Morgan fingerprint density at radius 3 is 2.56 bits per heavy atom. The zero-order valence-electron chi connectivity index (χ0n) is 15.7. The van der Waals surface area contributed by atoms with Crippen molar-refractivity contribution in [3.63, 3.8) is 0 Å². The smallest absolute Gasteiger partial charge is 0.250 e. The molecule has 2 atom stereocenters. The van der Waals surface area contributed by atoms with E-state index in [0.717, 1.165) is 36.3 Å². The molecule has 2 aromatic rings. The molecule has 0 unspecified atom stereocenters. The molecule has 2 bridgehead atoms. The normalized spacial score (nSPS) is 21.0. The Labute approximate surface area is 168 Å². The summed E-state index contributed by atoms with van der Waals surface area (Å²) in [5, 5.41) is 0. The molecule has 0 saturated carbocycles. The van der Waals surface area contributed by atoms with Crippen molar-refractivity contribution in [1.29, 1.82) is 0 Å². The van der Waals surface area contributed by atoms with E-state index < -0.39 is 0 Å². The molecule has 3 heterocycles. The van der Waals surface area contributed by atoms with Gasteiger partial charge in [0.25, 0.3) is 5.56 Å². The van der Waals surface area contributed by atoms with Crippen molar-refractivity contribution < 1.29 is 4.79 Å². The lowest BCUT2D eigenvalue weighted by molar-refractivity contribution is -0.131. The van der Waals surface area contributed by atoms with E-state index in [0.29, 0.717) is 18.2 Å². The maximum absolute atomic E-state index is 12.6. The first kappa shape index (κ1) is 18.7. The number of hydrogen-bond donors (Lipinski definition) is 0. The molecule has 0 radical (unpaired) electrons. The van der Waals surface area contributed by atoms with Gasteiger partial charge in [-0.3, -0.25) is 9.59 Å². The Morgan fingerprint density at radius 1 is 1.07 bits per heavy atom. The van der Waals surface area contributed by atoms with Crippen LogP contribution in [0.15, 0.2) is 46.1 Å². The number of piperidine rings is 1. The van der Waals surface area contributed by atoms with E-state index in [1.165, 1.54) is 4.90 Å². The number of rotatable bonds is 4. The fourth-order valence-electron chi connectivity index (χ4n) is 4.45. The van der Waals surface area contributed by atoms with Crippen molar-refractivity contribution in [3.8, 4) is 11.1 Å². The third kappa shape index (κ3) is 3.57. The summed E-state index contributed by atoms with van der Waals surface area (Å²) in [4.78, 5) is 28.3. The highest BCUT2D eigenvalue weighted by atomic mass is 32.2. The SMILES string of the molecule is CSCC(=O)N1C[C@H]2C[C@H](C1)c1c(-c3ccc(SC)cc3)ccc(=O)n1C2. The Balaban J connectivity index is 1.75. The fourth-order valence-corrected chi connectivity index (χ4v) is 5.29. The molecule has 0 aliphatic carbocycles. The number of nitrogens with zero attached hydrogens (tertiary/aromatic N) is 2. The number of carbonyl (C=O) groups is 1. The molecule has 4 nitrogen and oxygen atoms in total. The zero-order chi connectivity index (χ0) is 19.0. The average molecular weight is 401 g/mol. The molecular weight excluding hydrogens is 376 g/mol. The first-order chi connectivity index (χ1) is 13.1. The molecule has 6 heteroatoms. The topological polar surface area (TPSA) is 42.3 Å². The number of carbonyl (C=O) groups excluding carboxylic acids is 1. The van der Waals surface area contributed by atoms with E-state index in [1.54, 1.807) is 29.6 Å². The number of fused-ring (bicyclic) bond motifs is 4. The lowest BCUT2D eigenvalue weighted by Gasteiger charge is -2.43. The molecule has 0 spiro atoms. The highest BCUT2D eigenvalue weighted by Crippen LogP contribution is 2.40. The second-order valence-electron chi connectivity index (χ2n) is 7.34. The van der Waals surface area contributed by atoms with Crippen molar-refractivity contribution >= 4 is 29.4 Å². The monoisotopic (exact) mass is 400 g/mol. The third-order valence-corrected chi connectivity index (χ3v) is 6.89. The van der Waals surface area contributed by atoms with Crippen molar-refractivity contribution in [3.05, 3.63) is 52.4 Å². The van der Waals surface area contributed by atoms with E-state index in [2.05, 4.69) is 30.5 Å². The second kappa shape index (κ2) is 7.76. The first-order valence-electron chi connectivity index (χ1n) is 9.25. The first-order valence-corrected chi connectivity index (χ1v) is 11.9. The maximum Gasteiger partial charge on any atom is 0.250 e. The predicted molar refractivity (Wildman–Crippen MR) is 114 cm³/mol. The molecule has 1 fully saturated rings. The zero-order valence-corrected chi connectivity index (χ0v) is 17.3. The summed E-state index contributed by atoms with van der Waals surface area (Å²) in [6.07, 6.45) is 5.09. The van der Waals surface area contributed by atoms with Crippen LogP contribution in [0.3, 0.4) is 0 Å². The van der Waals surface area contributed by atoms with Gasteiger partial charge in [0.05, 0.1) is 5.75 Å². The van der Waals surface area contributed by atoms with E-state index in [-0.39, 0.29) is 17.4 Å². The summed E-state index contributed by atoms with van der Waals surface area (Å²) in [7, 11) is 0. The minimum absolute atomic E-state index is 0.0769. The summed E-state index contributed by atoms with van der Waals surface area (Å²) < 4.78 is 1.97. The molecule has 2 aliphatic rings. The van der Waals surface area contributed by atoms with Crippen LogP contribution < -0.4 is 5.56 Å². The molecular formula is C21H24N2O2S2. The number of aromatic nitrogens is 1. The summed E-state index contributed by atoms with van der Waals surface area (Å²) in [6, 6.07) is 12.2. The summed E-state index contributed by atoms with van der Waals surface area (Å²) in [6.45, 7) is 2.20. The van der Waals surface area contributed by atoms with Crippen LogP contribution in [0.2, 0.25) is 0 Å². The number of pyridine rings is 1.